The van der Waals surface area contributed by atoms with E-state index in [1.165, 1.54) is 36.5 Å². The van der Waals surface area contributed by atoms with Gasteiger partial charge in [0.15, 0.2) is 57.4 Å². The fraction of sp³-hybridized carbons (Fsp3) is 0.731. The summed E-state index contributed by atoms with van der Waals surface area (Å²) in [6.45, 7) is 14.0. The van der Waals surface area contributed by atoms with E-state index >= 15 is 8.78 Å². The van der Waals surface area contributed by atoms with Crippen molar-refractivity contribution in [2.75, 3.05) is 19.8 Å². The first-order valence-electron chi connectivity index (χ1n) is 31.2. The third-order valence-corrected chi connectivity index (χ3v) is 27.2. The Kier molecular flexibility index (Phi) is 15.3. The average Bonchev–Trinajstić information content (AvgIpc) is 1.63. The second kappa shape index (κ2) is 20.6. The molecular formula is C67H87ClF2O17. The summed E-state index contributed by atoms with van der Waals surface area (Å²) in [5, 5.41) is 95.7. The molecule has 0 bridgehead atoms. The molecule has 17 nitrogen and oxygen atoms in total. The monoisotopic (exact) mass is 1240 g/mol. The van der Waals surface area contributed by atoms with Crippen molar-refractivity contribution in [1.29, 1.82) is 0 Å². The van der Waals surface area contributed by atoms with E-state index in [9.17, 15) is 74.7 Å². The summed E-state index contributed by atoms with van der Waals surface area (Å²) in [6, 6.07) is 0. The Bertz CT molecular complexity index is 3040. The zero-order chi connectivity index (χ0) is 64.0. The molecule has 0 aromatic carbocycles. The van der Waals surface area contributed by atoms with Gasteiger partial charge in [0.1, 0.15) is 31.6 Å². The normalized spacial score (nSPS) is 52.4. The molecule has 1 heterocycles. The number of halogens is 3. The van der Waals surface area contributed by atoms with E-state index in [0.717, 1.165) is 5.57 Å². The number of ether oxygens (including phenoxy) is 2. The summed E-state index contributed by atoms with van der Waals surface area (Å²) < 4.78 is 44.6. The quantitative estimate of drug-likeness (QED) is 0.157. The Hall–Kier alpha value is -3.83. The zero-order valence-electron chi connectivity index (χ0n) is 51.1. The van der Waals surface area contributed by atoms with Crippen LogP contribution in [0.3, 0.4) is 0 Å². The predicted octanol–water partition coefficient (Wildman–Crippen LogP) is 5.06. The van der Waals surface area contributed by atoms with Gasteiger partial charge in [0.05, 0.1) is 35.4 Å². The van der Waals surface area contributed by atoms with Crippen LogP contribution in [0.5, 0.6) is 0 Å². The van der Waals surface area contributed by atoms with Crippen molar-refractivity contribution in [3.63, 3.8) is 0 Å². The molecule has 0 aromatic rings. The van der Waals surface area contributed by atoms with Crippen molar-refractivity contribution in [3.05, 3.63) is 71.4 Å². The predicted molar refractivity (Wildman–Crippen MR) is 310 cm³/mol. The number of fused-ring (bicyclic) bond motifs is 17. The number of rotatable bonds is 6. The van der Waals surface area contributed by atoms with Gasteiger partial charge in [-0.2, -0.15) is 0 Å². The molecule has 478 valence electrons. The standard InChI is InChI=1S/C24H31FO6.C22H29ClO5.C21H27FO6/c1-21(2)30-19-9-14-13-8-16(25)15-7-12(27)5-6-22(15,3)20(13)17(28)10-23(14,4)24(19,31-21)18(29)11-26;1-12-8-16-15-5-4-13-9-14(25)6-7-19(13,2)21(15,23)17(26)10-20(16,3)22(12,28)18(27)11-24;1-18-6-5-12(24)7-11(18)3-4-13-14-8-15(25)21(28,17(27)10-23)19(14,2)9-16(26)20(13,18)22/h5-7,13-14,16-17,19-20,26,28H,8-11H2,1-4H3;6-7,9,12,15-17,24,26,28H,4-5,8,10-11H2,1-3H3;5-7,13-16,23,25-26,28H,3-4,8-10H2,1-2H3/t13-,14-,16-,17-,19+,20+,22-,23-,24+;12-,15-,16-,17-,19-,20-,21-,22-;13-,14-,15+,16-,18-,19-,20-,21-/m000/s1. The van der Waals surface area contributed by atoms with Gasteiger partial charge in [-0.1, -0.05) is 70.9 Å². The smallest absolute Gasteiger partial charge is 0.193 e. The maximum Gasteiger partial charge on any atom is 0.193 e. The molecule has 13 rings (SSSR count). The summed E-state index contributed by atoms with van der Waals surface area (Å²) in [7, 11) is 0. The van der Waals surface area contributed by atoms with E-state index < -0.39 is 151 Å². The molecule has 10 fully saturated rings. The molecule has 9 saturated carbocycles. The topological polar surface area (TPSA) is 303 Å². The average molecular weight is 1240 g/mol. The van der Waals surface area contributed by atoms with Crippen molar-refractivity contribution >= 4 is 46.3 Å². The minimum Gasteiger partial charge on any atom is -0.393 e. The Morgan fingerprint density at radius 2 is 1.13 bits per heavy atom. The van der Waals surface area contributed by atoms with Gasteiger partial charge in [0.2, 0.25) is 0 Å². The fourth-order valence-electron chi connectivity index (χ4n) is 22.2. The summed E-state index contributed by atoms with van der Waals surface area (Å²) >= 11 is 7.30. The number of Topliss-reactive ketones (excluding diaryl/α,β-unsaturated/α-hetero) is 3. The molecule has 0 radical (unpaired) electrons. The second-order valence-electron chi connectivity index (χ2n) is 30.1. The Morgan fingerprint density at radius 1 is 0.609 bits per heavy atom. The van der Waals surface area contributed by atoms with Gasteiger partial charge in [-0.15, -0.1) is 11.6 Å². The third-order valence-electron chi connectivity index (χ3n) is 26.2. The number of carbonyl (C=O) groups is 6. The number of carbonyl (C=O) groups excluding carboxylic acids is 6. The molecule has 0 spiro atoms. The van der Waals surface area contributed by atoms with Gasteiger partial charge >= 0.3 is 0 Å². The number of alkyl halides is 3. The lowest BCUT2D eigenvalue weighted by atomic mass is 9.44. The van der Waals surface area contributed by atoms with E-state index in [1.807, 2.05) is 40.7 Å². The number of hydrogen-bond donors (Lipinski definition) is 9. The van der Waals surface area contributed by atoms with Gasteiger partial charge in [0, 0.05) is 44.3 Å². The molecule has 9 N–H and O–H groups in total. The third kappa shape index (κ3) is 8.11. The van der Waals surface area contributed by atoms with Crippen molar-refractivity contribution in [3.8, 4) is 0 Å². The molecule has 0 unspecified atom stereocenters. The van der Waals surface area contributed by atoms with Gasteiger partial charge < -0.3 is 55.4 Å². The van der Waals surface area contributed by atoms with Crippen molar-refractivity contribution in [1.82, 2.24) is 0 Å². The van der Waals surface area contributed by atoms with Gasteiger partial charge in [-0.25, -0.2) is 8.78 Å². The maximum atomic E-state index is 16.8. The van der Waals surface area contributed by atoms with Crippen LogP contribution in [0.25, 0.3) is 0 Å². The number of aliphatic hydroxyl groups excluding tert-OH is 7. The lowest BCUT2D eigenvalue weighted by molar-refractivity contribution is -0.226. The molecular weight excluding hydrogens is 1150 g/mol. The number of allylic oxidation sites excluding steroid dienone is 12. The zero-order valence-corrected chi connectivity index (χ0v) is 51.9. The molecule has 0 amide bonds. The van der Waals surface area contributed by atoms with E-state index in [-0.39, 0.29) is 85.0 Å². The summed E-state index contributed by atoms with van der Waals surface area (Å²) in [5.74, 6) is -5.80. The van der Waals surface area contributed by atoms with Crippen LogP contribution in [0.2, 0.25) is 0 Å². The van der Waals surface area contributed by atoms with Crippen LogP contribution in [-0.2, 0) is 38.2 Å². The van der Waals surface area contributed by atoms with Crippen LogP contribution >= 0.6 is 11.6 Å². The highest BCUT2D eigenvalue weighted by Crippen LogP contribution is 2.74. The minimum atomic E-state index is -2.23. The van der Waals surface area contributed by atoms with E-state index in [1.54, 1.807) is 39.8 Å². The Balaban J connectivity index is 0.000000135. The molecule has 12 aliphatic carbocycles. The first-order valence-corrected chi connectivity index (χ1v) is 31.5. The molecule has 20 heteroatoms. The maximum absolute atomic E-state index is 16.8. The summed E-state index contributed by atoms with van der Waals surface area (Å²) in [4.78, 5) is 72.8. The van der Waals surface area contributed by atoms with Gasteiger partial charge in [-0.3, -0.25) is 28.8 Å². The first kappa shape index (κ1) is 64.7. The number of aliphatic hydroxyl groups is 9. The summed E-state index contributed by atoms with van der Waals surface area (Å²) in [5.41, 5.74) is -10.9. The van der Waals surface area contributed by atoms with Crippen molar-refractivity contribution in [2.45, 2.75) is 203 Å². The van der Waals surface area contributed by atoms with E-state index in [4.69, 9.17) is 21.1 Å². The van der Waals surface area contributed by atoms with Crippen LogP contribution in [-0.4, -0.2) is 170 Å². The lowest BCUT2D eigenvalue weighted by Gasteiger charge is -2.63. The number of ketones is 6. The van der Waals surface area contributed by atoms with Crippen molar-refractivity contribution < 1.29 is 93.0 Å². The SMILES string of the molecule is CC1(C)O[C@@H]2C[C@H]3[C@@H]4C[C@H](F)C5=CC(=O)C=C[C@]5(C)[C@H]4[C@@H](O)C[C@]3(C)[C@]2(C(=O)CO)O1.C[C@H]1C[C@H]2[C@@H]3CCC4=CC(=O)C=C[C@]4(C)[C@@]3(Cl)[C@@H](O)C[C@]2(C)[C@@]1(O)C(=O)CO.C[C@]12C=CC(=O)C=C1CC[C@H]1[C@@H]3C[C@@H](O)[C@](O)(C(=O)CO)[C@@]3(C)C[C@H](O)[C@@]12F. The van der Waals surface area contributed by atoms with Crippen LogP contribution in [0, 0.1) is 79.8 Å². The minimum absolute atomic E-state index is 0.0135. The fourth-order valence-corrected chi connectivity index (χ4v) is 22.7. The molecule has 25 atom stereocenters. The van der Waals surface area contributed by atoms with Crippen LogP contribution in [0.4, 0.5) is 8.78 Å². The lowest BCUT2D eigenvalue weighted by Crippen LogP contribution is -2.69. The Labute approximate surface area is 511 Å². The highest BCUT2D eigenvalue weighted by molar-refractivity contribution is 6.26. The van der Waals surface area contributed by atoms with Crippen LogP contribution < -0.4 is 0 Å². The highest BCUT2D eigenvalue weighted by Gasteiger charge is 2.80. The molecule has 87 heavy (non-hydrogen) atoms. The van der Waals surface area contributed by atoms with E-state index in [0.29, 0.717) is 49.7 Å². The largest absolute Gasteiger partial charge is 0.393 e. The highest BCUT2D eigenvalue weighted by atomic mass is 35.5. The van der Waals surface area contributed by atoms with Crippen LogP contribution in [0.1, 0.15) is 133 Å². The molecule has 0 aromatic heterocycles. The van der Waals surface area contributed by atoms with Crippen LogP contribution in [0.15, 0.2) is 71.4 Å². The molecule has 1 aliphatic heterocycles. The number of hydrogen-bond acceptors (Lipinski definition) is 17. The summed E-state index contributed by atoms with van der Waals surface area (Å²) in [6.07, 6.45) is 11.0. The molecule has 1 saturated heterocycles. The van der Waals surface area contributed by atoms with Crippen molar-refractivity contribution in [2.24, 2.45) is 79.8 Å². The van der Waals surface area contributed by atoms with Gasteiger partial charge in [0.25, 0.3) is 0 Å². The first-order chi connectivity index (χ1) is 40.3. The Morgan fingerprint density at radius 3 is 1.74 bits per heavy atom. The van der Waals surface area contributed by atoms with E-state index in [2.05, 4.69) is 0 Å². The van der Waals surface area contributed by atoms with Gasteiger partial charge in [-0.05, 0) is 169 Å². The second-order valence-corrected chi connectivity index (χ2v) is 30.7. The molecule has 13 aliphatic rings.